The van der Waals surface area contributed by atoms with Gasteiger partial charge < -0.3 is 0 Å². The van der Waals surface area contributed by atoms with Crippen LogP contribution in [-0.2, 0) is 10.0 Å². The SMILES string of the molecule is CN(C1CCCCC1)S(=O)(=O)c1ccc(C(=O)Nc2nc(-c3nc4ccccc4s3)cs2)cc1. The second kappa shape index (κ2) is 9.53. The first kappa shape index (κ1) is 23.1. The Morgan fingerprint density at radius 1 is 1.03 bits per heavy atom. The van der Waals surface area contributed by atoms with Crippen LogP contribution in [0.2, 0.25) is 0 Å². The van der Waals surface area contributed by atoms with Gasteiger partial charge in [0.1, 0.15) is 10.7 Å². The van der Waals surface area contributed by atoms with E-state index in [1.807, 2.05) is 29.6 Å². The van der Waals surface area contributed by atoms with Crippen molar-refractivity contribution in [2.24, 2.45) is 0 Å². The number of hydrogen-bond acceptors (Lipinski definition) is 7. The summed E-state index contributed by atoms with van der Waals surface area (Å²) in [4.78, 5) is 22.0. The summed E-state index contributed by atoms with van der Waals surface area (Å²) in [6.45, 7) is 0. The first-order valence-electron chi connectivity index (χ1n) is 11.1. The molecule has 0 radical (unpaired) electrons. The van der Waals surface area contributed by atoms with E-state index >= 15 is 0 Å². The minimum absolute atomic E-state index is 0.0382. The van der Waals surface area contributed by atoms with Gasteiger partial charge in [-0.2, -0.15) is 4.31 Å². The monoisotopic (exact) mass is 512 g/mol. The minimum Gasteiger partial charge on any atom is -0.298 e. The van der Waals surface area contributed by atoms with E-state index < -0.39 is 10.0 Å². The van der Waals surface area contributed by atoms with Crippen molar-refractivity contribution < 1.29 is 13.2 Å². The van der Waals surface area contributed by atoms with Gasteiger partial charge in [0.15, 0.2) is 5.13 Å². The molecule has 4 aromatic rings. The number of hydrogen-bond donors (Lipinski definition) is 1. The van der Waals surface area contributed by atoms with E-state index in [2.05, 4.69) is 15.3 Å². The number of benzene rings is 2. The molecule has 0 saturated heterocycles. The number of anilines is 1. The van der Waals surface area contributed by atoms with Crippen molar-refractivity contribution in [3.63, 3.8) is 0 Å². The molecule has 1 N–H and O–H groups in total. The second-order valence-electron chi connectivity index (χ2n) is 8.32. The number of carbonyl (C=O) groups is 1. The summed E-state index contributed by atoms with van der Waals surface area (Å²) in [6.07, 6.45) is 5.06. The van der Waals surface area contributed by atoms with Gasteiger partial charge in [0.2, 0.25) is 10.0 Å². The Balaban J connectivity index is 1.27. The maximum absolute atomic E-state index is 13.0. The highest BCUT2D eigenvalue weighted by Crippen LogP contribution is 2.32. The van der Waals surface area contributed by atoms with E-state index in [1.165, 1.54) is 27.8 Å². The Kier molecular flexibility index (Phi) is 6.48. The van der Waals surface area contributed by atoms with Crippen LogP contribution in [0.15, 0.2) is 58.8 Å². The molecule has 1 saturated carbocycles. The van der Waals surface area contributed by atoms with Gasteiger partial charge in [0.25, 0.3) is 5.91 Å². The molecule has 2 heterocycles. The van der Waals surface area contributed by atoms with Crippen molar-refractivity contribution in [1.82, 2.24) is 14.3 Å². The number of carbonyl (C=O) groups excluding carboxylic acids is 1. The number of rotatable bonds is 6. The van der Waals surface area contributed by atoms with Crippen LogP contribution in [0.5, 0.6) is 0 Å². The van der Waals surface area contributed by atoms with E-state index in [9.17, 15) is 13.2 Å². The van der Waals surface area contributed by atoms with Gasteiger partial charge in [0.05, 0.1) is 15.1 Å². The maximum Gasteiger partial charge on any atom is 0.257 e. The number of sulfonamides is 1. The second-order valence-corrected chi connectivity index (χ2v) is 12.2. The Morgan fingerprint density at radius 3 is 2.50 bits per heavy atom. The molecule has 2 aromatic heterocycles. The van der Waals surface area contributed by atoms with E-state index in [-0.39, 0.29) is 16.8 Å². The van der Waals surface area contributed by atoms with Gasteiger partial charge in [-0.3, -0.25) is 10.1 Å². The zero-order chi connectivity index (χ0) is 23.7. The van der Waals surface area contributed by atoms with Crippen LogP contribution in [0.3, 0.4) is 0 Å². The molecule has 10 heteroatoms. The van der Waals surface area contributed by atoms with Crippen molar-refractivity contribution in [1.29, 1.82) is 0 Å². The average Bonchev–Trinajstić information content (AvgIpc) is 3.51. The molecule has 1 amide bonds. The summed E-state index contributed by atoms with van der Waals surface area (Å²) >= 11 is 2.88. The van der Waals surface area contributed by atoms with E-state index in [1.54, 1.807) is 30.5 Å². The van der Waals surface area contributed by atoms with Gasteiger partial charge in [-0.25, -0.2) is 18.4 Å². The molecule has 0 spiro atoms. The molecular formula is C24H24N4O3S3. The standard InChI is InChI=1S/C24H24N4O3S3/c1-28(17-7-3-2-4-8-17)34(30,31)18-13-11-16(12-14-18)22(29)27-24-26-20(15-32-24)23-25-19-9-5-6-10-21(19)33-23/h5-6,9-15,17H,2-4,7-8H2,1H3,(H,26,27,29). The molecule has 5 rings (SSSR count). The third-order valence-corrected chi connectivity index (χ3v) is 9.86. The summed E-state index contributed by atoms with van der Waals surface area (Å²) in [5.74, 6) is -0.338. The zero-order valence-electron chi connectivity index (χ0n) is 18.6. The van der Waals surface area contributed by atoms with Crippen LogP contribution in [0.25, 0.3) is 20.9 Å². The molecule has 34 heavy (non-hydrogen) atoms. The lowest BCUT2D eigenvalue weighted by atomic mass is 9.96. The minimum atomic E-state index is -3.59. The molecule has 1 aliphatic rings. The van der Waals surface area contributed by atoms with Crippen molar-refractivity contribution >= 4 is 54.0 Å². The summed E-state index contributed by atoms with van der Waals surface area (Å²) in [7, 11) is -1.94. The number of nitrogens with zero attached hydrogens (tertiary/aromatic N) is 3. The molecule has 0 aliphatic heterocycles. The molecule has 1 fully saturated rings. The fourth-order valence-electron chi connectivity index (χ4n) is 4.17. The summed E-state index contributed by atoms with van der Waals surface area (Å²) in [5.41, 5.74) is 2.01. The van der Waals surface area contributed by atoms with E-state index in [0.29, 0.717) is 16.4 Å². The average molecular weight is 513 g/mol. The molecule has 176 valence electrons. The third kappa shape index (κ3) is 4.63. The summed E-state index contributed by atoms with van der Waals surface area (Å²) in [6, 6.07) is 14.0. The van der Waals surface area contributed by atoms with Crippen molar-refractivity contribution in [3.8, 4) is 10.7 Å². The first-order chi connectivity index (χ1) is 16.4. The first-order valence-corrected chi connectivity index (χ1v) is 14.3. The quantitative estimate of drug-likeness (QED) is 0.362. The van der Waals surface area contributed by atoms with Gasteiger partial charge in [0, 0.05) is 24.0 Å². The molecule has 2 aromatic carbocycles. The highest BCUT2D eigenvalue weighted by Gasteiger charge is 2.29. The summed E-state index contributed by atoms with van der Waals surface area (Å²) in [5, 5.41) is 5.93. The Morgan fingerprint density at radius 2 is 1.76 bits per heavy atom. The lowest BCUT2D eigenvalue weighted by molar-refractivity contribution is 0.102. The largest absolute Gasteiger partial charge is 0.298 e. The number of amides is 1. The van der Waals surface area contributed by atoms with Crippen LogP contribution in [0, 0.1) is 0 Å². The van der Waals surface area contributed by atoms with Gasteiger partial charge >= 0.3 is 0 Å². The van der Waals surface area contributed by atoms with Crippen molar-refractivity contribution in [3.05, 3.63) is 59.5 Å². The lowest BCUT2D eigenvalue weighted by Gasteiger charge is -2.30. The number of aromatic nitrogens is 2. The molecule has 0 atom stereocenters. The topological polar surface area (TPSA) is 92.3 Å². The van der Waals surface area contributed by atoms with Crippen molar-refractivity contribution in [2.45, 2.75) is 43.0 Å². The van der Waals surface area contributed by atoms with Gasteiger partial charge in [-0.05, 0) is 49.2 Å². The smallest absolute Gasteiger partial charge is 0.257 e. The highest BCUT2D eigenvalue weighted by molar-refractivity contribution is 7.89. The predicted molar refractivity (Wildman–Crippen MR) is 137 cm³/mol. The molecule has 1 aliphatic carbocycles. The molecular weight excluding hydrogens is 488 g/mol. The van der Waals surface area contributed by atoms with Crippen LogP contribution in [-0.4, -0.2) is 41.7 Å². The normalized spacial score (nSPS) is 15.1. The van der Waals surface area contributed by atoms with E-state index in [4.69, 9.17) is 0 Å². The fourth-order valence-corrected chi connectivity index (χ4v) is 7.27. The predicted octanol–water partition coefficient (Wildman–Crippen LogP) is 5.63. The van der Waals surface area contributed by atoms with Gasteiger partial charge in [-0.1, -0.05) is 31.4 Å². The molecule has 0 unspecified atom stereocenters. The highest BCUT2D eigenvalue weighted by atomic mass is 32.2. The fraction of sp³-hybridized carbons (Fsp3) is 0.292. The number of thiazole rings is 2. The maximum atomic E-state index is 13.0. The zero-order valence-corrected chi connectivity index (χ0v) is 21.0. The van der Waals surface area contributed by atoms with E-state index in [0.717, 1.165) is 47.3 Å². The lowest BCUT2D eigenvalue weighted by Crippen LogP contribution is -2.38. The Bertz CT molecular complexity index is 1390. The molecule has 7 nitrogen and oxygen atoms in total. The van der Waals surface area contributed by atoms with Crippen LogP contribution >= 0.6 is 22.7 Å². The third-order valence-electron chi connectivity index (χ3n) is 6.12. The Labute approximate surface area is 206 Å². The van der Waals surface area contributed by atoms with Crippen LogP contribution in [0.4, 0.5) is 5.13 Å². The Hall–Kier alpha value is -2.66. The van der Waals surface area contributed by atoms with Crippen LogP contribution < -0.4 is 5.32 Å². The number of nitrogens with one attached hydrogen (secondary N) is 1. The van der Waals surface area contributed by atoms with Crippen molar-refractivity contribution in [2.75, 3.05) is 12.4 Å². The summed E-state index contributed by atoms with van der Waals surface area (Å²) < 4.78 is 28.6. The number of para-hydroxylation sites is 1. The van der Waals surface area contributed by atoms with Gasteiger partial charge in [-0.15, -0.1) is 22.7 Å². The number of fused-ring (bicyclic) bond motifs is 1. The molecule has 0 bridgehead atoms. The van der Waals surface area contributed by atoms with Crippen LogP contribution in [0.1, 0.15) is 42.5 Å².